The van der Waals surface area contributed by atoms with Gasteiger partial charge in [0, 0.05) is 24.0 Å². The number of nitrogens with zero attached hydrogens (tertiary/aromatic N) is 2. The smallest absolute Gasteiger partial charge is 0.435 e. The van der Waals surface area contributed by atoms with E-state index < -0.39 is 41.7 Å². The van der Waals surface area contributed by atoms with Crippen molar-refractivity contribution in [3.63, 3.8) is 0 Å². The Morgan fingerprint density at radius 1 is 0.918 bits per heavy atom. The van der Waals surface area contributed by atoms with Gasteiger partial charge in [-0.2, -0.15) is 18.3 Å². The zero-order valence-electron chi connectivity index (χ0n) is 27.0. The number of rotatable bonds is 11. The van der Waals surface area contributed by atoms with Gasteiger partial charge in [0.15, 0.2) is 5.69 Å². The Bertz CT molecular complexity index is 1830. The molecule has 1 fully saturated rings. The van der Waals surface area contributed by atoms with Crippen LogP contribution in [0.3, 0.4) is 0 Å². The Morgan fingerprint density at radius 3 is 2.14 bits per heavy atom. The predicted octanol–water partition coefficient (Wildman–Crippen LogP) is 7.77. The van der Waals surface area contributed by atoms with Crippen LogP contribution in [0.2, 0.25) is 0 Å². The lowest BCUT2D eigenvalue weighted by molar-refractivity contribution is -0.141. The van der Waals surface area contributed by atoms with E-state index in [1.54, 1.807) is 63.2 Å². The monoisotopic (exact) mass is 679 g/mol. The first-order valence-corrected chi connectivity index (χ1v) is 15.5. The van der Waals surface area contributed by atoms with Crippen molar-refractivity contribution in [2.24, 2.45) is 5.92 Å². The third-order valence-corrected chi connectivity index (χ3v) is 7.31. The standard InChI is InChI=1S/C35H36F3N5O6/c1-34(2,3)49-33(47)41-26-11-6-9-24(17-26)30(48-20-21-13-14-21)23-8-5-10-25(16-23)40-31(44)28-18-29(35(36,37)38)42-43(28)27-12-4-7-22(15-27)19-39-32(45)46/h4-12,15-18,21,30,39H,13-14,19-20H2,1-3H3,(H,40,44)(H,41,47)(H,45,46). The average Bonchev–Trinajstić information content (AvgIpc) is 3.73. The third-order valence-electron chi connectivity index (χ3n) is 7.31. The van der Waals surface area contributed by atoms with Crippen LogP contribution in [0.15, 0.2) is 78.9 Å². The van der Waals surface area contributed by atoms with Gasteiger partial charge in [0.2, 0.25) is 0 Å². The van der Waals surface area contributed by atoms with Crippen LogP contribution in [0.25, 0.3) is 5.69 Å². The minimum atomic E-state index is -4.83. The number of aromatic nitrogens is 2. The summed E-state index contributed by atoms with van der Waals surface area (Å²) in [4.78, 5) is 36.9. The summed E-state index contributed by atoms with van der Waals surface area (Å²) in [6.45, 7) is 5.68. The van der Waals surface area contributed by atoms with Crippen LogP contribution >= 0.6 is 0 Å². The van der Waals surface area contributed by atoms with Crippen molar-refractivity contribution < 1.29 is 42.1 Å². The van der Waals surface area contributed by atoms with Gasteiger partial charge >= 0.3 is 18.4 Å². The predicted molar refractivity (Wildman–Crippen MR) is 175 cm³/mol. The summed E-state index contributed by atoms with van der Waals surface area (Å²) in [7, 11) is 0. The number of carbonyl (C=O) groups is 3. The molecule has 258 valence electrons. The van der Waals surface area contributed by atoms with Crippen LogP contribution in [-0.4, -0.2) is 45.2 Å². The highest BCUT2D eigenvalue weighted by Gasteiger charge is 2.36. The summed E-state index contributed by atoms with van der Waals surface area (Å²) in [5, 5.41) is 20.2. The molecule has 49 heavy (non-hydrogen) atoms. The van der Waals surface area contributed by atoms with Gasteiger partial charge in [-0.25, -0.2) is 14.3 Å². The molecule has 1 heterocycles. The van der Waals surface area contributed by atoms with Crippen molar-refractivity contribution in [3.8, 4) is 5.69 Å². The van der Waals surface area contributed by atoms with E-state index in [1.165, 1.54) is 18.2 Å². The number of ether oxygens (including phenoxy) is 2. The molecule has 1 saturated carbocycles. The number of carboxylic acid groups (broad SMARTS) is 1. The Balaban J connectivity index is 1.42. The molecule has 14 heteroatoms. The number of alkyl halides is 3. The fourth-order valence-corrected chi connectivity index (χ4v) is 4.93. The second-order valence-corrected chi connectivity index (χ2v) is 12.6. The van der Waals surface area contributed by atoms with Crippen LogP contribution in [0.1, 0.15) is 72.6 Å². The third kappa shape index (κ3) is 9.83. The van der Waals surface area contributed by atoms with Crippen LogP contribution in [0, 0.1) is 5.92 Å². The molecule has 0 saturated heterocycles. The molecule has 4 N–H and O–H groups in total. The number of benzene rings is 3. The minimum absolute atomic E-state index is 0.102. The van der Waals surface area contributed by atoms with E-state index in [4.69, 9.17) is 14.6 Å². The summed E-state index contributed by atoms with van der Waals surface area (Å²) in [6.07, 6.45) is -5.20. The highest BCUT2D eigenvalue weighted by Crippen LogP contribution is 2.35. The highest BCUT2D eigenvalue weighted by atomic mass is 19.4. The lowest BCUT2D eigenvalue weighted by Crippen LogP contribution is -2.27. The van der Waals surface area contributed by atoms with Crippen molar-refractivity contribution in [2.75, 3.05) is 17.2 Å². The second-order valence-electron chi connectivity index (χ2n) is 12.6. The Morgan fingerprint density at radius 2 is 1.55 bits per heavy atom. The summed E-state index contributed by atoms with van der Waals surface area (Å²) >= 11 is 0. The van der Waals surface area contributed by atoms with Crippen LogP contribution < -0.4 is 16.0 Å². The number of halogens is 3. The Kier molecular flexibility index (Phi) is 10.3. The number of nitrogens with one attached hydrogen (secondary N) is 3. The van der Waals surface area contributed by atoms with E-state index >= 15 is 0 Å². The van der Waals surface area contributed by atoms with E-state index in [0.717, 1.165) is 23.1 Å². The number of anilines is 2. The lowest BCUT2D eigenvalue weighted by Gasteiger charge is -2.22. The van der Waals surface area contributed by atoms with Crippen molar-refractivity contribution in [2.45, 2.75) is 58.0 Å². The lowest BCUT2D eigenvalue weighted by atomic mass is 10.00. The summed E-state index contributed by atoms with van der Waals surface area (Å²) in [6, 6.07) is 20.6. The van der Waals surface area contributed by atoms with Crippen LogP contribution in [-0.2, 0) is 22.2 Å². The molecule has 1 aromatic heterocycles. The fourth-order valence-electron chi connectivity index (χ4n) is 4.93. The second kappa shape index (κ2) is 14.4. The van der Waals surface area contributed by atoms with Crippen molar-refractivity contribution in [1.82, 2.24) is 15.1 Å². The van der Waals surface area contributed by atoms with Gasteiger partial charge in [-0.15, -0.1) is 0 Å². The molecule has 4 aromatic rings. The van der Waals surface area contributed by atoms with E-state index in [-0.39, 0.29) is 17.9 Å². The number of hydrogen-bond acceptors (Lipinski definition) is 6. The van der Waals surface area contributed by atoms with Crippen LogP contribution in [0.5, 0.6) is 0 Å². The summed E-state index contributed by atoms with van der Waals surface area (Å²) in [5.41, 5.74) is 0.422. The maximum Gasteiger partial charge on any atom is 0.435 e. The molecule has 0 aliphatic heterocycles. The zero-order chi connectivity index (χ0) is 35.3. The Hall–Kier alpha value is -5.37. The molecule has 3 aromatic carbocycles. The first-order chi connectivity index (χ1) is 23.1. The summed E-state index contributed by atoms with van der Waals surface area (Å²) < 4.78 is 53.9. The van der Waals surface area contributed by atoms with Gasteiger partial charge in [0.25, 0.3) is 5.91 Å². The fraction of sp³-hybridized carbons (Fsp3) is 0.314. The molecule has 1 aliphatic carbocycles. The number of amides is 3. The quantitative estimate of drug-likeness (QED) is 0.127. The van der Waals surface area contributed by atoms with Crippen LogP contribution in [0.4, 0.5) is 34.1 Å². The molecule has 1 atom stereocenters. The normalized spacial score (nSPS) is 13.8. The molecule has 0 spiro atoms. The minimum Gasteiger partial charge on any atom is -0.465 e. The van der Waals surface area contributed by atoms with E-state index in [1.807, 2.05) is 12.1 Å². The van der Waals surface area contributed by atoms with E-state index in [2.05, 4.69) is 21.0 Å². The molecular formula is C35H36F3N5O6. The maximum absolute atomic E-state index is 13.8. The van der Waals surface area contributed by atoms with Crippen molar-refractivity contribution >= 4 is 29.5 Å². The van der Waals surface area contributed by atoms with Gasteiger partial charge in [0.05, 0.1) is 12.3 Å². The molecule has 3 amide bonds. The van der Waals surface area contributed by atoms with E-state index in [9.17, 15) is 27.6 Å². The molecule has 0 bridgehead atoms. The number of hydrogen-bond donors (Lipinski definition) is 4. The molecule has 5 rings (SSSR count). The first-order valence-electron chi connectivity index (χ1n) is 15.5. The van der Waals surface area contributed by atoms with Crippen molar-refractivity contribution in [1.29, 1.82) is 0 Å². The maximum atomic E-state index is 13.8. The molecule has 1 aliphatic rings. The zero-order valence-corrected chi connectivity index (χ0v) is 27.0. The van der Waals surface area contributed by atoms with E-state index in [0.29, 0.717) is 41.1 Å². The van der Waals surface area contributed by atoms with Gasteiger partial charge in [-0.05, 0) is 92.6 Å². The highest BCUT2D eigenvalue weighted by molar-refractivity contribution is 6.03. The number of carbonyl (C=O) groups excluding carboxylic acids is 2. The van der Waals surface area contributed by atoms with Gasteiger partial charge in [-0.1, -0.05) is 36.4 Å². The van der Waals surface area contributed by atoms with Gasteiger partial charge < -0.3 is 25.2 Å². The first kappa shape index (κ1) is 35.0. The molecule has 11 nitrogen and oxygen atoms in total. The molecule has 1 unspecified atom stereocenters. The summed E-state index contributed by atoms with van der Waals surface area (Å²) in [5.74, 6) is -0.428. The topological polar surface area (TPSA) is 144 Å². The van der Waals surface area contributed by atoms with Crippen molar-refractivity contribution in [3.05, 3.63) is 107 Å². The molecular weight excluding hydrogens is 643 g/mol. The van der Waals surface area contributed by atoms with Gasteiger partial charge in [-0.3, -0.25) is 10.1 Å². The SMILES string of the molecule is CC(C)(C)OC(=O)Nc1cccc(C(OCC2CC2)c2cccc(NC(=O)c3cc(C(F)(F)F)nn3-c3cccc(CNC(=O)O)c3)c2)c1. The Labute approximate surface area is 280 Å². The van der Waals surface area contributed by atoms with Gasteiger partial charge in [0.1, 0.15) is 17.4 Å². The largest absolute Gasteiger partial charge is 0.465 e. The average molecular weight is 680 g/mol. The molecule has 0 radical (unpaired) electrons.